The molecule has 74 valence electrons. The van der Waals surface area contributed by atoms with Crippen molar-refractivity contribution in [2.45, 2.75) is 6.10 Å². The maximum Gasteiger partial charge on any atom is 0.255 e. The summed E-state index contributed by atoms with van der Waals surface area (Å²) in [6.45, 7) is 1.37. The molecule has 1 amide bonds. The van der Waals surface area contributed by atoms with Gasteiger partial charge in [0, 0.05) is 32.6 Å². The number of carbonyl (C=O) groups is 1. The molecule has 1 saturated heterocycles. The molecule has 0 atom stereocenters. The Hall–Kier alpha value is -1.42. The number of hydrogen-bond donors (Lipinski definition) is 0. The van der Waals surface area contributed by atoms with Crippen molar-refractivity contribution < 1.29 is 9.53 Å². The summed E-state index contributed by atoms with van der Waals surface area (Å²) in [7, 11) is 1.66. The number of likely N-dealkylation sites (tertiary alicyclic amines) is 1. The summed E-state index contributed by atoms with van der Waals surface area (Å²) in [4.78, 5) is 17.4. The van der Waals surface area contributed by atoms with Gasteiger partial charge in [-0.05, 0) is 12.1 Å². The summed E-state index contributed by atoms with van der Waals surface area (Å²) in [5, 5.41) is 0. The molecule has 0 spiro atoms. The summed E-state index contributed by atoms with van der Waals surface area (Å²) in [5.74, 6) is 0.0337. The van der Waals surface area contributed by atoms with E-state index in [2.05, 4.69) is 4.98 Å². The van der Waals surface area contributed by atoms with Crippen LogP contribution >= 0.6 is 0 Å². The first kappa shape index (κ1) is 9.15. The molecule has 1 fully saturated rings. The van der Waals surface area contributed by atoms with Crippen molar-refractivity contribution in [3.63, 3.8) is 0 Å². The molecule has 0 saturated carbocycles. The third-order valence-electron chi connectivity index (χ3n) is 2.38. The van der Waals surface area contributed by atoms with Crippen LogP contribution < -0.4 is 0 Å². The molecule has 0 radical (unpaired) electrons. The Bertz CT molecular complexity index is 320. The molecule has 4 nitrogen and oxygen atoms in total. The van der Waals surface area contributed by atoms with Gasteiger partial charge in [-0.25, -0.2) is 0 Å². The lowest BCUT2D eigenvalue weighted by Gasteiger charge is -2.38. The maximum atomic E-state index is 11.7. The molecular formula is C10H12N2O2. The summed E-state index contributed by atoms with van der Waals surface area (Å²) in [5.41, 5.74) is 0.641. The van der Waals surface area contributed by atoms with E-state index in [0.717, 1.165) is 0 Å². The molecule has 0 unspecified atom stereocenters. The van der Waals surface area contributed by atoms with Crippen LogP contribution in [0.3, 0.4) is 0 Å². The zero-order valence-electron chi connectivity index (χ0n) is 8.01. The molecule has 1 aliphatic rings. The molecular weight excluding hydrogens is 180 g/mol. The van der Waals surface area contributed by atoms with Crippen molar-refractivity contribution in [2.75, 3.05) is 20.2 Å². The number of methoxy groups -OCH3 is 1. The van der Waals surface area contributed by atoms with Gasteiger partial charge in [-0.15, -0.1) is 0 Å². The summed E-state index contributed by atoms with van der Waals surface area (Å²) >= 11 is 0. The number of rotatable bonds is 2. The number of aromatic nitrogens is 1. The van der Waals surface area contributed by atoms with Crippen LogP contribution in [0.2, 0.25) is 0 Å². The lowest BCUT2D eigenvalue weighted by atomic mass is 10.1. The van der Waals surface area contributed by atoms with Gasteiger partial charge in [0.25, 0.3) is 5.91 Å². The molecule has 0 aromatic carbocycles. The van der Waals surface area contributed by atoms with Gasteiger partial charge in [-0.2, -0.15) is 0 Å². The Morgan fingerprint density at radius 2 is 2.43 bits per heavy atom. The normalized spacial score (nSPS) is 16.5. The molecule has 1 aliphatic heterocycles. The van der Waals surface area contributed by atoms with Crippen LogP contribution in [0.15, 0.2) is 24.5 Å². The monoisotopic (exact) mass is 192 g/mol. The fraction of sp³-hybridized carbons (Fsp3) is 0.400. The minimum atomic E-state index is 0.0337. The Morgan fingerprint density at radius 3 is 3.00 bits per heavy atom. The number of amides is 1. The lowest BCUT2D eigenvalue weighted by molar-refractivity contribution is -0.0192. The van der Waals surface area contributed by atoms with Crippen molar-refractivity contribution in [3.05, 3.63) is 30.1 Å². The van der Waals surface area contributed by atoms with Crippen molar-refractivity contribution >= 4 is 5.91 Å². The van der Waals surface area contributed by atoms with Crippen LogP contribution in [0.1, 0.15) is 10.4 Å². The summed E-state index contributed by atoms with van der Waals surface area (Å²) in [6, 6.07) is 3.54. The smallest absolute Gasteiger partial charge is 0.255 e. The summed E-state index contributed by atoms with van der Waals surface area (Å²) in [6.07, 6.45) is 3.45. The maximum absolute atomic E-state index is 11.7. The molecule has 0 aliphatic carbocycles. The van der Waals surface area contributed by atoms with Crippen molar-refractivity contribution in [3.8, 4) is 0 Å². The average Bonchev–Trinajstić information content (AvgIpc) is 2.17. The van der Waals surface area contributed by atoms with Gasteiger partial charge in [-0.1, -0.05) is 0 Å². The van der Waals surface area contributed by atoms with E-state index in [1.165, 1.54) is 0 Å². The molecule has 0 bridgehead atoms. The van der Waals surface area contributed by atoms with E-state index in [1.807, 2.05) is 0 Å². The SMILES string of the molecule is COC1CN(C(=O)c2cccnc2)C1. The van der Waals surface area contributed by atoms with E-state index >= 15 is 0 Å². The number of hydrogen-bond acceptors (Lipinski definition) is 3. The predicted octanol–water partition coefficient (Wildman–Crippen LogP) is 0.552. The van der Waals surface area contributed by atoms with Gasteiger partial charge in [0.15, 0.2) is 0 Å². The largest absolute Gasteiger partial charge is 0.378 e. The topological polar surface area (TPSA) is 42.4 Å². The van der Waals surface area contributed by atoms with Gasteiger partial charge in [0.05, 0.1) is 11.7 Å². The molecule has 14 heavy (non-hydrogen) atoms. The van der Waals surface area contributed by atoms with Crippen LogP contribution in [-0.2, 0) is 4.74 Å². The quantitative estimate of drug-likeness (QED) is 0.687. The number of ether oxygens (including phenoxy) is 1. The van der Waals surface area contributed by atoms with Crippen LogP contribution in [-0.4, -0.2) is 42.1 Å². The first-order valence-corrected chi connectivity index (χ1v) is 4.53. The minimum Gasteiger partial charge on any atom is -0.378 e. The fourth-order valence-corrected chi connectivity index (χ4v) is 1.42. The van der Waals surface area contributed by atoms with E-state index in [1.54, 1.807) is 36.5 Å². The van der Waals surface area contributed by atoms with Gasteiger partial charge in [0.2, 0.25) is 0 Å². The van der Waals surface area contributed by atoms with Gasteiger partial charge >= 0.3 is 0 Å². The highest BCUT2D eigenvalue weighted by molar-refractivity contribution is 5.94. The zero-order valence-corrected chi connectivity index (χ0v) is 8.01. The Labute approximate surface area is 82.5 Å². The van der Waals surface area contributed by atoms with E-state index in [0.29, 0.717) is 18.7 Å². The highest BCUT2D eigenvalue weighted by atomic mass is 16.5. The number of pyridine rings is 1. The third-order valence-corrected chi connectivity index (χ3v) is 2.38. The number of carbonyl (C=O) groups excluding carboxylic acids is 1. The fourth-order valence-electron chi connectivity index (χ4n) is 1.42. The highest BCUT2D eigenvalue weighted by Crippen LogP contribution is 2.14. The predicted molar refractivity (Wildman–Crippen MR) is 50.9 cm³/mol. The van der Waals surface area contributed by atoms with Crippen molar-refractivity contribution in [2.24, 2.45) is 0 Å². The van der Waals surface area contributed by atoms with Crippen molar-refractivity contribution in [1.29, 1.82) is 0 Å². The molecule has 2 heterocycles. The second kappa shape index (κ2) is 3.75. The molecule has 1 aromatic heterocycles. The molecule has 1 aromatic rings. The van der Waals surface area contributed by atoms with Crippen LogP contribution in [0, 0.1) is 0 Å². The first-order chi connectivity index (χ1) is 6.81. The van der Waals surface area contributed by atoms with Crippen LogP contribution in [0.4, 0.5) is 0 Å². The second-order valence-electron chi connectivity index (χ2n) is 3.31. The Morgan fingerprint density at radius 1 is 1.64 bits per heavy atom. The number of nitrogens with zero attached hydrogens (tertiary/aromatic N) is 2. The minimum absolute atomic E-state index is 0.0337. The molecule has 2 rings (SSSR count). The molecule has 4 heteroatoms. The second-order valence-corrected chi connectivity index (χ2v) is 3.31. The van der Waals surface area contributed by atoms with Gasteiger partial charge in [-0.3, -0.25) is 9.78 Å². The van der Waals surface area contributed by atoms with E-state index in [4.69, 9.17) is 4.74 Å². The summed E-state index contributed by atoms with van der Waals surface area (Å²) < 4.78 is 5.09. The third kappa shape index (κ3) is 1.61. The van der Waals surface area contributed by atoms with Crippen LogP contribution in [0.5, 0.6) is 0 Å². The lowest BCUT2D eigenvalue weighted by Crippen LogP contribution is -2.54. The highest BCUT2D eigenvalue weighted by Gasteiger charge is 2.30. The standard InChI is InChI=1S/C10H12N2O2/c1-14-9-6-12(7-9)10(13)8-3-2-4-11-5-8/h2-5,9H,6-7H2,1H3. The molecule has 0 N–H and O–H groups in total. The average molecular weight is 192 g/mol. The Balaban J connectivity index is 1.98. The van der Waals surface area contributed by atoms with Gasteiger partial charge < -0.3 is 9.64 Å². The van der Waals surface area contributed by atoms with E-state index in [9.17, 15) is 4.79 Å². The van der Waals surface area contributed by atoms with Crippen LogP contribution in [0.25, 0.3) is 0 Å². The first-order valence-electron chi connectivity index (χ1n) is 4.53. The Kier molecular flexibility index (Phi) is 2.45. The van der Waals surface area contributed by atoms with Crippen molar-refractivity contribution in [1.82, 2.24) is 9.88 Å². The van der Waals surface area contributed by atoms with E-state index in [-0.39, 0.29) is 12.0 Å². The van der Waals surface area contributed by atoms with Gasteiger partial charge in [0.1, 0.15) is 0 Å². The zero-order chi connectivity index (χ0) is 9.97. The van der Waals surface area contributed by atoms with E-state index < -0.39 is 0 Å².